The summed E-state index contributed by atoms with van der Waals surface area (Å²) >= 11 is 0. The minimum absolute atomic E-state index is 0.0660. The number of amides is 2. The molecule has 0 aromatic carbocycles. The number of nitrogens with zero attached hydrogens (tertiary/aromatic N) is 1. The van der Waals surface area contributed by atoms with Crippen molar-refractivity contribution in [3.8, 4) is 0 Å². The van der Waals surface area contributed by atoms with Gasteiger partial charge >= 0.3 is 0 Å². The molecule has 0 radical (unpaired) electrons. The molecule has 1 aliphatic heterocycles. The van der Waals surface area contributed by atoms with Crippen LogP contribution in [0.25, 0.3) is 0 Å². The van der Waals surface area contributed by atoms with Crippen LogP contribution in [0.1, 0.15) is 24.5 Å². The summed E-state index contributed by atoms with van der Waals surface area (Å²) in [6, 6.07) is 3.68. The van der Waals surface area contributed by atoms with E-state index in [4.69, 9.17) is 4.42 Å². The van der Waals surface area contributed by atoms with Gasteiger partial charge in [-0.25, -0.2) is 0 Å². The quantitative estimate of drug-likeness (QED) is 0.745. The first kappa shape index (κ1) is 10.9. The second-order valence-corrected chi connectivity index (χ2v) is 4.00. The predicted molar refractivity (Wildman–Crippen MR) is 56.6 cm³/mol. The molecule has 5 heteroatoms. The van der Waals surface area contributed by atoms with Gasteiger partial charge < -0.3 is 4.42 Å². The molecule has 2 amide bonds. The van der Waals surface area contributed by atoms with E-state index in [1.807, 2.05) is 26.0 Å². The Bertz CT molecular complexity index is 409. The highest BCUT2D eigenvalue weighted by Crippen LogP contribution is 2.22. The molecule has 0 saturated carbocycles. The molecule has 16 heavy (non-hydrogen) atoms. The number of aryl methyl sites for hydroxylation is 1. The molecule has 1 atom stereocenters. The van der Waals surface area contributed by atoms with Gasteiger partial charge in [-0.3, -0.25) is 19.8 Å². The summed E-state index contributed by atoms with van der Waals surface area (Å²) < 4.78 is 5.48. The summed E-state index contributed by atoms with van der Waals surface area (Å²) in [6.45, 7) is 4.24. The Morgan fingerprint density at radius 3 is 2.44 bits per heavy atom. The van der Waals surface area contributed by atoms with E-state index in [2.05, 4.69) is 5.32 Å². The van der Waals surface area contributed by atoms with E-state index in [-0.39, 0.29) is 30.9 Å². The number of piperazine rings is 1. The lowest BCUT2D eigenvalue weighted by Crippen LogP contribution is -2.51. The normalized spacial score (nSPS) is 19.6. The number of nitrogens with one attached hydrogen (secondary N) is 1. The smallest absolute Gasteiger partial charge is 0.240 e. The fraction of sp³-hybridized carbons (Fsp3) is 0.455. The number of rotatable bonds is 2. The Labute approximate surface area is 93.4 Å². The number of carbonyl (C=O) groups excluding carboxylic acids is 2. The molecule has 1 saturated heterocycles. The molecular weight excluding hydrogens is 208 g/mol. The number of carbonyl (C=O) groups is 2. The van der Waals surface area contributed by atoms with Crippen molar-refractivity contribution in [2.24, 2.45) is 0 Å². The summed E-state index contributed by atoms with van der Waals surface area (Å²) in [7, 11) is 0. The molecule has 1 fully saturated rings. The first-order valence-corrected chi connectivity index (χ1v) is 5.19. The predicted octanol–water partition coefficient (Wildman–Crippen LogP) is 0.607. The summed E-state index contributed by atoms with van der Waals surface area (Å²) in [5, 5.41) is 2.27. The van der Waals surface area contributed by atoms with Crippen molar-refractivity contribution in [2.75, 3.05) is 13.1 Å². The van der Waals surface area contributed by atoms with E-state index in [0.29, 0.717) is 0 Å². The lowest BCUT2D eigenvalue weighted by molar-refractivity contribution is -0.137. The van der Waals surface area contributed by atoms with Crippen molar-refractivity contribution < 1.29 is 14.0 Å². The lowest BCUT2D eigenvalue weighted by Gasteiger charge is -2.29. The molecule has 1 aromatic heterocycles. The topological polar surface area (TPSA) is 62.6 Å². The van der Waals surface area contributed by atoms with Gasteiger partial charge in [0.15, 0.2) is 0 Å². The third-order valence-corrected chi connectivity index (χ3v) is 2.69. The van der Waals surface area contributed by atoms with Gasteiger partial charge in [-0.2, -0.15) is 0 Å². The molecule has 5 nitrogen and oxygen atoms in total. The first-order chi connectivity index (χ1) is 7.56. The van der Waals surface area contributed by atoms with E-state index in [1.165, 1.54) is 0 Å². The lowest BCUT2D eigenvalue weighted by atomic mass is 10.2. The highest BCUT2D eigenvalue weighted by molar-refractivity contribution is 5.99. The van der Waals surface area contributed by atoms with E-state index < -0.39 is 0 Å². The fourth-order valence-corrected chi connectivity index (χ4v) is 1.79. The van der Waals surface area contributed by atoms with Crippen LogP contribution in [0, 0.1) is 6.92 Å². The third-order valence-electron chi connectivity index (χ3n) is 2.69. The molecule has 2 rings (SSSR count). The van der Waals surface area contributed by atoms with Crippen LogP contribution >= 0.6 is 0 Å². The standard InChI is InChI=1S/C11H14N2O3/c1-7-3-4-9(16-7)8(2)13-5-10(14)12-11(15)6-13/h3-4,8H,5-6H2,1-2H3,(H,12,14,15). The average Bonchev–Trinajstić information content (AvgIpc) is 2.62. The molecule has 1 N–H and O–H groups in total. The Hall–Kier alpha value is -1.62. The van der Waals surface area contributed by atoms with Crippen molar-refractivity contribution in [2.45, 2.75) is 19.9 Å². The Balaban J connectivity index is 2.12. The summed E-state index contributed by atoms with van der Waals surface area (Å²) in [4.78, 5) is 24.2. The monoisotopic (exact) mass is 222 g/mol. The number of furan rings is 1. The Kier molecular flexibility index (Phi) is 2.78. The molecule has 2 heterocycles. The summed E-state index contributed by atoms with van der Waals surface area (Å²) in [5.41, 5.74) is 0. The largest absolute Gasteiger partial charge is 0.465 e. The van der Waals surface area contributed by atoms with Crippen LogP contribution in [0.4, 0.5) is 0 Å². The second-order valence-electron chi connectivity index (χ2n) is 4.00. The van der Waals surface area contributed by atoms with Crippen LogP contribution < -0.4 is 5.32 Å². The minimum Gasteiger partial charge on any atom is -0.465 e. The second kappa shape index (κ2) is 4.09. The average molecular weight is 222 g/mol. The zero-order valence-corrected chi connectivity index (χ0v) is 9.32. The van der Waals surface area contributed by atoms with Crippen LogP contribution in [-0.4, -0.2) is 29.8 Å². The molecule has 0 spiro atoms. The fourth-order valence-electron chi connectivity index (χ4n) is 1.79. The van der Waals surface area contributed by atoms with Crippen molar-refractivity contribution >= 4 is 11.8 Å². The maximum absolute atomic E-state index is 11.2. The molecule has 1 aromatic rings. The van der Waals surface area contributed by atoms with Crippen molar-refractivity contribution in [1.29, 1.82) is 0 Å². The highest BCUT2D eigenvalue weighted by Gasteiger charge is 2.28. The van der Waals surface area contributed by atoms with Crippen molar-refractivity contribution in [3.05, 3.63) is 23.7 Å². The zero-order chi connectivity index (χ0) is 11.7. The van der Waals surface area contributed by atoms with Gasteiger partial charge in [0.25, 0.3) is 0 Å². The van der Waals surface area contributed by atoms with Gasteiger partial charge in [-0.15, -0.1) is 0 Å². The van der Waals surface area contributed by atoms with Gasteiger partial charge in [-0.1, -0.05) is 0 Å². The van der Waals surface area contributed by atoms with Crippen LogP contribution in [0.5, 0.6) is 0 Å². The Morgan fingerprint density at radius 2 is 1.94 bits per heavy atom. The molecule has 0 aliphatic carbocycles. The first-order valence-electron chi connectivity index (χ1n) is 5.19. The number of imide groups is 1. The number of hydrogen-bond acceptors (Lipinski definition) is 4. The Morgan fingerprint density at radius 1 is 1.31 bits per heavy atom. The summed E-state index contributed by atoms with van der Waals surface area (Å²) in [5.74, 6) is 1.09. The molecule has 1 unspecified atom stereocenters. The van der Waals surface area contributed by atoms with Gasteiger partial charge in [0.05, 0.1) is 19.1 Å². The van der Waals surface area contributed by atoms with Gasteiger partial charge in [0, 0.05) is 0 Å². The SMILES string of the molecule is Cc1ccc(C(C)N2CC(=O)NC(=O)C2)o1. The third kappa shape index (κ3) is 2.14. The van der Waals surface area contributed by atoms with Crippen molar-refractivity contribution in [3.63, 3.8) is 0 Å². The molecule has 1 aliphatic rings. The van der Waals surface area contributed by atoms with E-state index in [9.17, 15) is 9.59 Å². The number of hydrogen-bond donors (Lipinski definition) is 1. The molecule has 86 valence electrons. The van der Waals surface area contributed by atoms with E-state index >= 15 is 0 Å². The zero-order valence-electron chi connectivity index (χ0n) is 9.32. The van der Waals surface area contributed by atoms with Crippen LogP contribution in [0.15, 0.2) is 16.5 Å². The van der Waals surface area contributed by atoms with Crippen LogP contribution in [0.3, 0.4) is 0 Å². The van der Waals surface area contributed by atoms with E-state index in [0.717, 1.165) is 11.5 Å². The van der Waals surface area contributed by atoms with Crippen molar-refractivity contribution in [1.82, 2.24) is 10.2 Å². The molecular formula is C11H14N2O3. The summed E-state index contributed by atoms with van der Waals surface area (Å²) in [6.07, 6.45) is 0. The maximum atomic E-state index is 11.2. The van der Waals surface area contributed by atoms with Gasteiger partial charge in [-0.05, 0) is 26.0 Å². The highest BCUT2D eigenvalue weighted by atomic mass is 16.3. The van der Waals surface area contributed by atoms with Gasteiger partial charge in [0.1, 0.15) is 11.5 Å². The van der Waals surface area contributed by atoms with Gasteiger partial charge in [0.2, 0.25) is 11.8 Å². The molecule has 0 bridgehead atoms. The van der Waals surface area contributed by atoms with Crippen LogP contribution in [0.2, 0.25) is 0 Å². The minimum atomic E-state index is -0.258. The maximum Gasteiger partial charge on any atom is 0.240 e. The van der Waals surface area contributed by atoms with E-state index in [1.54, 1.807) is 4.90 Å². The van der Waals surface area contributed by atoms with Crippen LogP contribution in [-0.2, 0) is 9.59 Å².